The largest absolute Gasteiger partial charge is 0.360 e. The summed E-state index contributed by atoms with van der Waals surface area (Å²) in [7, 11) is -2.81. The molecule has 6 heteroatoms. The molecule has 0 radical (unpaired) electrons. The third kappa shape index (κ3) is 1.95. The number of nitrogens with zero attached hydrogens (tertiary/aromatic N) is 1. The van der Waals surface area contributed by atoms with E-state index in [0.29, 0.717) is 6.54 Å². The van der Waals surface area contributed by atoms with E-state index in [4.69, 9.17) is 0 Å². The van der Waals surface area contributed by atoms with Gasteiger partial charge in [-0.3, -0.25) is 4.99 Å². The van der Waals surface area contributed by atoms with Crippen molar-refractivity contribution in [3.63, 3.8) is 0 Å². The number of hydrogen-bond acceptors (Lipinski definition) is 4. The zero-order valence-electron chi connectivity index (χ0n) is 7.64. The van der Waals surface area contributed by atoms with Crippen LogP contribution in [0.15, 0.2) is 17.6 Å². The van der Waals surface area contributed by atoms with Crippen LogP contribution in [-0.2, 0) is 9.84 Å². The molecular formula is C8H12N2O2S2. The minimum absolute atomic E-state index is 0.0635. The molecule has 0 saturated carbocycles. The van der Waals surface area contributed by atoms with Crippen molar-refractivity contribution in [1.82, 2.24) is 5.32 Å². The van der Waals surface area contributed by atoms with Crippen LogP contribution >= 0.6 is 11.8 Å². The van der Waals surface area contributed by atoms with Crippen molar-refractivity contribution in [2.75, 3.05) is 18.1 Å². The maximum atomic E-state index is 11.3. The molecule has 2 atom stereocenters. The Hall–Kier alpha value is -0.490. The van der Waals surface area contributed by atoms with Gasteiger partial charge in [0.25, 0.3) is 0 Å². The molecule has 2 aliphatic rings. The first-order valence-corrected chi connectivity index (χ1v) is 7.10. The number of nitrogens with one attached hydrogen (secondary N) is 1. The van der Waals surface area contributed by atoms with Crippen molar-refractivity contribution in [2.45, 2.75) is 11.3 Å². The van der Waals surface area contributed by atoms with Gasteiger partial charge in [0.05, 0.1) is 24.1 Å². The minimum Gasteiger partial charge on any atom is -0.360 e. The average molecular weight is 232 g/mol. The van der Waals surface area contributed by atoms with Crippen LogP contribution in [0.3, 0.4) is 0 Å². The average Bonchev–Trinajstić information content (AvgIpc) is 2.53. The molecule has 2 fully saturated rings. The fourth-order valence-electron chi connectivity index (χ4n) is 1.63. The van der Waals surface area contributed by atoms with E-state index >= 15 is 0 Å². The lowest BCUT2D eigenvalue weighted by molar-refractivity contribution is 0.600. The van der Waals surface area contributed by atoms with E-state index in [1.54, 1.807) is 6.08 Å². The number of thioether (sulfide) groups is 1. The van der Waals surface area contributed by atoms with Gasteiger partial charge in [-0.05, 0) is 0 Å². The smallest absolute Gasteiger partial charge is 0.157 e. The van der Waals surface area contributed by atoms with Crippen molar-refractivity contribution in [1.29, 1.82) is 0 Å². The number of aliphatic imine (C=N–C) groups is 1. The van der Waals surface area contributed by atoms with Crippen LogP contribution in [0.5, 0.6) is 0 Å². The normalized spacial score (nSPS) is 36.7. The molecule has 2 aliphatic heterocycles. The molecule has 0 spiro atoms. The molecular weight excluding hydrogens is 220 g/mol. The summed E-state index contributed by atoms with van der Waals surface area (Å²) < 4.78 is 22.5. The summed E-state index contributed by atoms with van der Waals surface area (Å²) in [5.41, 5.74) is 0. The molecule has 2 heterocycles. The second-order valence-electron chi connectivity index (χ2n) is 3.42. The molecule has 0 aliphatic carbocycles. The maximum absolute atomic E-state index is 11.3. The second kappa shape index (κ2) is 3.58. The fourth-order valence-corrected chi connectivity index (χ4v) is 5.36. The van der Waals surface area contributed by atoms with Crippen molar-refractivity contribution in [3.05, 3.63) is 12.7 Å². The fraction of sp³-hybridized carbons (Fsp3) is 0.625. The Labute approximate surface area is 87.8 Å². The lowest BCUT2D eigenvalue weighted by Crippen LogP contribution is -2.31. The SMILES string of the molecule is C=CCN=C1N[C@@H]2CS(=O)(=O)C[C@@H]2S1. The molecule has 2 saturated heterocycles. The summed E-state index contributed by atoms with van der Waals surface area (Å²) >= 11 is 1.54. The quantitative estimate of drug-likeness (QED) is 0.682. The Morgan fingerprint density at radius 3 is 3.07 bits per heavy atom. The van der Waals surface area contributed by atoms with E-state index in [2.05, 4.69) is 16.9 Å². The number of fused-ring (bicyclic) bond motifs is 1. The van der Waals surface area contributed by atoms with E-state index in [1.807, 2.05) is 0 Å². The summed E-state index contributed by atoms with van der Waals surface area (Å²) in [6.07, 6.45) is 1.72. The van der Waals surface area contributed by atoms with Crippen molar-refractivity contribution in [3.8, 4) is 0 Å². The Bertz CT molecular complexity index is 353. The summed E-state index contributed by atoms with van der Waals surface area (Å²) in [6, 6.07) is 0.0635. The Kier molecular flexibility index (Phi) is 2.57. The van der Waals surface area contributed by atoms with Crippen molar-refractivity contribution < 1.29 is 8.42 Å². The molecule has 78 valence electrons. The minimum atomic E-state index is -2.81. The second-order valence-corrected chi connectivity index (χ2v) is 6.80. The zero-order valence-corrected chi connectivity index (χ0v) is 9.27. The first-order chi connectivity index (χ1) is 6.61. The molecule has 0 amide bonds. The van der Waals surface area contributed by atoms with Gasteiger partial charge in [-0.2, -0.15) is 0 Å². The van der Waals surface area contributed by atoms with Crippen LogP contribution in [-0.4, -0.2) is 42.9 Å². The van der Waals surface area contributed by atoms with Crippen LogP contribution in [0, 0.1) is 0 Å². The zero-order chi connectivity index (χ0) is 10.2. The third-order valence-corrected chi connectivity index (χ3v) is 5.45. The Morgan fingerprint density at radius 1 is 1.64 bits per heavy atom. The maximum Gasteiger partial charge on any atom is 0.157 e. The van der Waals surface area contributed by atoms with Gasteiger partial charge < -0.3 is 5.32 Å². The first kappa shape index (κ1) is 10.0. The van der Waals surface area contributed by atoms with Gasteiger partial charge in [-0.25, -0.2) is 8.42 Å². The van der Waals surface area contributed by atoms with Gasteiger partial charge in [0.1, 0.15) is 0 Å². The Morgan fingerprint density at radius 2 is 2.43 bits per heavy atom. The molecule has 4 nitrogen and oxygen atoms in total. The van der Waals surface area contributed by atoms with Gasteiger partial charge in [0.2, 0.25) is 0 Å². The van der Waals surface area contributed by atoms with E-state index in [9.17, 15) is 8.42 Å². The highest BCUT2D eigenvalue weighted by atomic mass is 32.2. The number of sulfone groups is 1. The summed E-state index contributed by atoms with van der Waals surface area (Å²) in [5.74, 6) is 0.528. The topological polar surface area (TPSA) is 58.5 Å². The van der Waals surface area contributed by atoms with Crippen LogP contribution in [0.4, 0.5) is 0 Å². The molecule has 2 rings (SSSR count). The highest BCUT2D eigenvalue weighted by Crippen LogP contribution is 2.31. The van der Waals surface area contributed by atoms with Gasteiger partial charge in [0.15, 0.2) is 15.0 Å². The van der Waals surface area contributed by atoms with Crippen LogP contribution in [0.1, 0.15) is 0 Å². The molecule has 1 N–H and O–H groups in total. The lowest BCUT2D eigenvalue weighted by Gasteiger charge is -2.03. The van der Waals surface area contributed by atoms with Crippen molar-refractivity contribution >= 4 is 26.8 Å². The van der Waals surface area contributed by atoms with E-state index in [-0.39, 0.29) is 22.8 Å². The number of rotatable bonds is 2. The standard InChI is InChI=1S/C8H12N2O2S2/c1-2-3-9-8-10-6-4-14(11,12)5-7(6)13-8/h2,6-7H,1,3-5H2,(H,9,10)/t6-,7+/m1/s1. The molecule has 0 aromatic rings. The molecule has 0 aromatic carbocycles. The highest BCUT2D eigenvalue weighted by Gasteiger charge is 2.43. The molecule has 0 aromatic heterocycles. The van der Waals surface area contributed by atoms with E-state index in [0.717, 1.165) is 5.17 Å². The predicted molar refractivity (Wildman–Crippen MR) is 59.5 cm³/mol. The Balaban J connectivity index is 2.03. The lowest BCUT2D eigenvalue weighted by atomic mass is 10.3. The number of amidine groups is 1. The van der Waals surface area contributed by atoms with Gasteiger partial charge in [-0.15, -0.1) is 6.58 Å². The van der Waals surface area contributed by atoms with Gasteiger partial charge >= 0.3 is 0 Å². The van der Waals surface area contributed by atoms with Crippen LogP contribution in [0.2, 0.25) is 0 Å². The first-order valence-electron chi connectivity index (χ1n) is 4.40. The monoisotopic (exact) mass is 232 g/mol. The third-order valence-electron chi connectivity index (χ3n) is 2.24. The summed E-state index contributed by atoms with van der Waals surface area (Å²) in [4.78, 5) is 4.23. The number of hydrogen-bond donors (Lipinski definition) is 1. The van der Waals surface area contributed by atoms with Crippen molar-refractivity contribution in [2.24, 2.45) is 4.99 Å². The molecule has 0 bridgehead atoms. The molecule has 0 unspecified atom stereocenters. The summed E-state index contributed by atoms with van der Waals surface area (Å²) in [5, 5.41) is 4.14. The van der Waals surface area contributed by atoms with Gasteiger partial charge in [-0.1, -0.05) is 17.8 Å². The van der Waals surface area contributed by atoms with Crippen LogP contribution < -0.4 is 5.32 Å². The predicted octanol–water partition coefficient (Wildman–Crippen LogP) is 0.0304. The molecule has 14 heavy (non-hydrogen) atoms. The van der Waals surface area contributed by atoms with Gasteiger partial charge in [0, 0.05) is 5.25 Å². The summed E-state index contributed by atoms with van der Waals surface area (Å²) in [6.45, 7) is 4.16. The van der Waals surface area contributed by atoms with E-state index < -0.39 is 9.84 Å². The van der Waals surface area contributed by atoms with E-state index in [1.165, 1.54) is 11.8 Å². The highest BCUT2D eigenvalue weighted by molar-refractivity contribution is 8.15. The van der Waals surface area contributed by atoms with Crippen LogP contribution in [0.25, 0.3) is 0 Å².